The van der Waals surface area contributed by atoms with Crippen LogP contribution in [0.15, 0.2) is 18.3 Å². The summed E-state index contributed by atoms with van der Waals surface area (Å²) in [6.45, 7) is 12.0. The number of fused-ring (bicyclic) bond motifs is 1. The van der Waals surface area contributed by atoms with Crippen LogP contribution in [0.2, 0.25) is 0 Å². The first-order chi connectivity index (χ1) is 16.9. The lowest BCUT2D eigenvalue weighted by Gasteiger charge is -2.45. The molecule has 2 aromatic rings. The summed E-state index contributed by atoms with van der Waals surface area (Å²) in [5, 5.41) is 16.3. The summed E-state index contributed by atoms with van der Waals surface area (Å²) in [5.74, 6) is 0. The van der Waals surface area contributed by atoms with Crippen molar-refractivity contribution >= 4 is 22.7 Å². The predicted molar refractivity (Wildman–Crippen MR) is 141 cm³/mol. The summed E-state index contributed by atoms with van der Waals surface area (Å²) in [4.78, 5) is 17.1. The number of anilines is 1. The van der Waals surface area contributed by atoms with E-state index in [0.717, 1.165) is 49.7 Å². The molecular weight excluding hydrogens is 458 g/mol. The first-order valence-corrected chi connectivity index (χ1v) is 13.1. The molecule has 1 atom stereocenters. The van der Waals surface area contributed by atoms with Crippen molar-refractivity contribution in [3.63, 3.8) is 0 Å². The van der Waals surface area contributed by atoms with Crippen LogP contribution in [-0.4, -0.2) is 81.8 Å². The molecule has 1 saturated heterocycles. The van der Waals surface area contributed by atoms with E-state index in [2.05, 4.69) is 15.8 Å². The van der Waals surface area contributed by atoms with Crippen molar-refractivity contribution < 1.29 is 19.4 Å². The highest BCUT2D eigenvalue weighted by Gasteiger charge is 2.37. The maximum Gasteiger partial charge on any atom is 0.410 e. The number of nitrogen functional groups attached to an aromatic ring is 1. The Hall–Kier alpha value is -2.36. The van der Waals surface area contributed by atoms with Crippen molar-refractivity contribution in [2.45, 2.75) is 89.6 Å². The third-order valence-corrected chi connectivity index (χ3v) is 7.41. The molecule has 200 valence electrons. The molecule has 3 N–H and O–H groups in total. The zero-order valence-corrected chi connectivity index (χ0v) is 22.7. The average molecular weight is 502 g/mol. The van der Waals surface area contributed by atoms with Crippen molar-refractivity contribution in [2.24, 2.45) is 0 Å². The number of methoxy groups -OCH3 is 1. The lowest BCUT2D eigenvalue weighted by Crippen LogP contribution is -2.59. The van der Waals surface area contributed by atoms with E-state index in [-0.39, 0.29) is 12.1 Å². The fourth-order valence-electron chi connectivity index (χ4n) is 5.62. The fraction of sp³-hybridized carbons (Fsp3) is 0.704. The number of amides is 1. The Morgan fingerprint density at radius 2 is 1.78 bits per heavy atom. The molecule has 2 heterocycles. The fourth-order valence-corrected chi connectivity index (χ4v) is 5.62. The third kappa shape index (κ3) is 5.95. The van der Waals surface area contributed by atoms with Gasteiger partial charge in [-0.25, -0.2) is 4.79 Å². The minimum Gasteiger partial charge on any atom is -0.444 e. The highest BCUT2D eigenvalue weighted by Crippen LogP contribution is 2.35. The molecule has 0 unspecified atom stereocenters. The molecule has 2 aliphatic rings. The second kappa shape index (κ2) is 10.2. The first-order valence-electron chi connectivity index (χ1n) is 13.1. The smallest absolute Gasteiger partial charge is 0.410 e. The van der Waals surface area contributed by atoms with Crippen LogP contribution in [0.1, 0.15) is 71.9 Å². The summed E-state index contributed by atoms with van der Waals surface area (Å²) < 4.78 is 13.2. The van der Waals surface area contributed by atoms with Crippen molar-refractivity contribution in [2.75, 3.05) is 39.1 Å². The molecule has 1 aliphatic heterocycles. The van der Waals surface area contributed by atoms with Gasteiger partial charge < -0.3 is 25.2 Å². The van der Waals surface area contributed by atoms with Crippen LogP contribution in [0.3, 0.4) is 0 Å². The minimum absolute atomic E-state index is 0.0110. The summed E-state index contributed by atoms with van der Waals surface area (Å²) in [6, 6.07) is 4.65. The van der Waals surface area contributed by atoms with Gasteiger partial charge in [-0.05, 0) is 72.4 Å². The number of nitrogens with zero attached hydrogens (tertiary/aromatic N) is 4. The van der Waals surface area contributed by atoms with E-state index in [0.29, 0.717) is 36.5 Å². The number of nitrogens with two attached hydrogens (primary N) is 1. The van der Waals surface area contributed by atoms with Crippen molar-refractivity contribution in [3.05, 3.63) is 23.9 Å². The van der Waals surface area contributed by atoms with Crippen LogP contribution < -0.4 is 5.73 Å². The second-order valence-corrected chi connectivity index (χ2v) is 11.9. The van der Waals surface area contributed by atoms with Gasteiger partial charge in [0.05, 0.1) is 29.8 Å². The van der Waals surface area contributed by atoms with Crippen LogP contribution in [0, 0.1) is 0 Å². The Balaban J connectivity index is 1.38. The number of carbonyl (C=O) groups excluding carboxylic acids is 1. The van der Waals surface area contributed by atoms with Crippen LogP contribution in [0.25, 0.3) is 10.9 Å². The van der Waals surface area contributed by atoms with Gasteiger partial charge in [0.25, 0.3) is 0 Å². The number of rotatable bonds is 5. The summed E-state index contributed by atoms with van der Waals surface area (Å²) in [7, 11) is 1.68. The minimum atomic E-state index is -1.01. The predicted octanol–water partition coefficient (Wildman–Crippen LogP) is 3.90. The van der Waals surface area contributed by atoms with Gasteiger partial charge in [0.15, 0.2) is 0 Å². The normalized spacial score (nSPS) is 24.3. The van der Waals surface area contributed by atoms with Gasteiger partial charge in [-0.1, -0.05) is 0 Å². The molecule has 4 rings (SSSR count). The monoisotopic (exact) mass is 501 g/mol. The molecule has 9 heteroatoms. The summed E-state index contributed by atoms with van der Waals surface area (Å²) in [6.07, 6.45) is 6.10. The maximum atomic E-state index is 12.8. The van der Waals surface area contributed by atoms with E-state index in [1.54, 1.807) is 21.0 Å². The molecule has 1 aromatic carbocycles. The Morgan fingerprint density at radius 1 is 1.11 bits per heavy atom. The Bertz CT molecular complexity index is 1060. The molecular formula is C27H43N5O4. The maximum absolute atomic E-state index is 12.8. The number of hydrogen-bond acceptors (Lipinski definition) is 7. The summed E-state index contributed by atoms with van der Waals surface area (Å²) >= 11 is 0. The van der Waals surface area contributed by atoms with E-state index in [1.165, 1.54) is 0 Å². The number of aromatic nitrogens is 2. The topological polar surface area (TPSA) is 106 Å². The van der Waals surface area contributed by atoms with Gasteiger partial charge in [0.2, 0.25) is 0 Å². The van der Waals surface area contributed by atoms with Crippen LogP contribution in [-0.2, 0) is 15.1 Å². The number of ether oxygens (including phenoxy) is 2. The highest BCUT2D eigenvalue weighted by molar-refractivity contribution is 5.83. The van der Waals surface area contributed by atoms with Crippen molar-refractivity contribution in [1.29, 1.82) is 0 Å². The Morgan fingerprint density at radius 3 is 2.39 bits per heavy atom. The second-order valence-electron chi connectivity index (χ2n) is 11.9. The number of hydrogen-bond donors (Lipinski definition) is 2. The van der Waals surface area contributed by atoms with Crippen LogP contribution >= 0.6 is 0 Å². The molecule has 0 bridgehead atoms. The molecule has 1 aliphatic carbocycles. The largest absolute Gasteiger partial charge is 0.444 e. The lowest BCUT2D eigenvalue weighted by atomic mass is 9.89. The van der Waals surface area contributed by atoms with Gasteiger partial charge in [-0.3, -0.25) is 9.58 Å². The SMILES string of the molecule is COC[C@H]1CN(C2CCC(n3cc4cc(N)c(C(C)(C)O)cc4n3)CC2)CCN1C(=O)OC(C)(C)C. The van der Waals surface area contributed by atoms with E-state index >= 15 is 0 Å². The number of aliphatic hydroxyl groups is 1. The van der Waals surface area contributed by atoms with Crippen LogP contribution in [0.5, 0.6) is 0 Å². The molecule has 1 aromatic heterocycles. The van der Waals surface area contributed by atoms with E-state index < -0.39 is 11.2 Å². The van der Waals surface area contributed by atoms with E-state index in [1.807, 2.05) is 37.8 Å². The first kappa shape index (κ1) is 26.7. The van der Waals surface area contributed by atoms with Gasteiger partial charge in [0, 0.05) is 55.6 Å². The van der Waals surface area contributed by atoms with Gasteiger partial charge >= 0.3 is 6.09 Å². The average Bonchev–Trinajstić information content (AvgIpc) is 3.20. The number of benzene rings is 1. The Kier molecular flexibility index (Phi) is 7.55. The lowest BCUT2D eigenvalue weighted by molar-refractivity contribution is -0.0270. The Labute approximate surface area is 214 Å². The van der Waals surface area contributed by atoms with E-state index in [4.69, 9.17) is 20.3 Å². The molecule has 0 spiro atoms. The van der Waals surface area contributed by atoms with Gasteiger partial charge in [-0.15, -0.1) is 0 Å². The molecule has 36 heavy (non-hydrogen) atoms. The van der Waals surface area contributed by atoms with Crippen molar-refractivity contribution in [3.8, 4) is 0 Å². The zero-order chi connectivity index (χ0) is 26.3. The highest BCUT2D eigenvalue weighted by atomic mass is 16.6. The zero-order valence-electron chi connectivity index (χ0n) is 22.7. The molecule has 0 radical (unpaired) electrons. The molecule has 9 nitrogen and oxygen atoms in total. The van der Waals surface area contributed by atoms with E-state index in [9.17, 15) is 9.90 Å². The third-order valence-electron chi connectivity index (χ3n) is 7.41. The van der Waals surface area contributed by atoms with Crippen molar-refractivity contribution in [1.82, 2.24) is 19.6 Å². The van der Waals surface area contributed by atoms with Gasteiger partial charge in [0.1, 0.15) is 5.60 Å². The number of carbonyl (C=O) groups is 1. The molecule has 1 amide bonds. The number of piperazine rings is 1. The summed E-state index contributed by atoms with van der Waals surface area (Å²) in [5.41, 5.74) is 6.86. The quantitative estimate of drug-likeness (QED) is 0.599. The van der Waals surface area contributed by atoms with Gasteiger partial charge in [-0.2, -0.15) is 5.10 Å². The standard InChI is InChI=1S/C27H43N5O4/c1-26(2,3)36-25(33)31-12-11-30(16-21(31)17-35-6)19-7-9-20(10-8-19)32-15-18-13-23(28)22(27(4,5)34)14-24(18)29-32/h13-15,19-21,34H,7-12,16-17,28H2,1-6H3/t19?,20?,21-/m1/s1. The molecule has 2 fully saturated rings. The molecule has 1 saturated carbocycles. The van der Waals surface area contributed by atoms with Crippen LogP contribution in [0.4, 0.5) is 10.5 Å².